The van der Waals surface area contributed by atoms with Gasteiger partial charge in [-0.15, -0.1) is 0 Å². The number of pyridine rings is 1. The summed E-state index contributed by atoms with van der Waals surface area (Å²) in [6.45, 7) is 1.41. The Hall–Kier alpha value is -2.68. The largest absolute Gasteiger partial charge is 0.375 e. The molecule has 0 amide bonds. The summed E-state index contributed by atoms with van der Waals surface area (Å²) in [5.74, 6) is 0.853. The van der Waals surface area contributed by atoms with Crippen molar-refractivity contribution in [2.45, 2.75) is 17.4 Å². The van der Waals surface area contributed by atoms with E-state index < -0.39 is 20.4 Å². The molecule has 1 aromatic heterocycles. The highest BCUT2D eigenvalue weighted by atomic mass is 32.2. The molecular weight excluding hydrogens is 344 g/mol. The molecule has 8 nitrogen and oxygen atoms in total. The van der Waals surface area contributed by atoms with Gasteiger partial charge >= 0.3 is 5.69 Å². The van der Waals surface area contributed by atoms with Crippen LogP contribution in [0.5, 0.6) is 0 Å². The number of aromatic nitrogens is 1. The van der Waals surface area contributed by atoms with Gasteiger partial charge in [-0.2, -0.15) is 0 Å². The van der Waals surface area contributed by atoms with Crippen molar-refractivity contribution in [3.63, 3.8) is 0 Å². The number of nitro groups is 1. The van der Waals surface area contributed by atoms with E-state index in [2.05, 4.69) is 15.2 Å². The molecule has 0 bridgehead atoms. The molecule has 0 spiro atoms. The highest BCUT2D eigenvalue weighted by molar-refractivity contribution is 7.90. The van der Waals surface area contributed by atoms with Gasteiger partial charge in [0.1, 0.15) is 16.4 Å². The van der Waals surface area contributed by atoms with Crippen LogP contribution < -0.4 is 10.2 Å². The number of nitrogens with one attached hydrogen (secondary N) is 1. The van der Waals surface area contributed by atoms with Crippen LogP contribution in [-0.4, -0.2) is 43.7 Å². The van der Waals surface area contributed by atoms with E-state index in [-0.39, 0.29) is 16.6 Å². The van der Waals surface area contributed by atoms with Crippen LogP contribution in [-0.2, 0) is 9.84 Å². The predicted octanol–water partition coefficient (Wildman–Crippen LogP) is 2.08. The zero-order chi connectivity index (χ0) is 18.0. The Morgan fingerprint density at radius 2 is 2.08 bits per heavy atom. The summed E-state index contributed by atoms with van der Waals surface area (Å²) < 4.78 is 23.7. The predicted molar refractivity (Wildman–Crippen MR) is 94.7 cm³/mol. The van der Waals surface area contributed by atoms with Crippen LogP contribution in [0.1, 0.15) is 6.42 Å². The number of rotatable bonds is 5. The molecule has 1 fully saturated rings. The molecule has 132 valence electrons. The molecule has 1 aliphatic rings. The quantitative estimate of drug-likeness (QED) is 0.641. The fourth-order valence-electron chi connectivity index (χ4n) is 2.97. The maximum absolute atomic E-state index is 11.8. The van der Waals surface area contributed by atoms with Crippen LogP contribution in [0.25, 0.3) is 0 Å². The van der Waals surface area contributed by atoms with Crippen LogP contribution >= 0.6 is 0 Å². The number of nitro benzene ring substituents is 1. The molecule has 2 aromatic rings. The Balaban J connectivity index is 1.83. The normalized spacial score (nSPS) is 17.5. The van der Waals surface area contributed by atoms with Gasteiger partial charge in [-0.3, -0.25) is 10.1 Å². The Labute approximate surface area is 145 Å². The van der Waals surface area contributed by atoms with E-state index in [1.54, 1.807) is 6.20 Å². The van der Waals surface area contributed by atoms with Crippen molar-refractivity contribution >= 4 is 27.0 Å². The fraction of sp³-hybridized carbons (Fsp3) is 0.312. The number of benzene rings is 1. The highest BCUT2D eigenvalue weighted by Gasteiger charge is 2.29. The van der Waals surface area contributed by atoms with Crippen LogP contribution in [0.4, 0.5) is 17.2 Å². The molecule has 2 heterocycles. The summed E-state index contributed by atoms with van der Waals surface area (Å²) in [7, 11) is -3.69. The molecule has 0 saturated carbocycles. The molecule has 3 rings (SSSR count). The maximum Gasteiger partial charge on any atom is 0.310 e. The summed E-state index contributed by atoms with van der Waals surface area (Å²) >= 11 is 0. The zero-order valence-corrected chi connectivity index (χ0v) is 14.4. The van der Waals surface area contributed by atoms with Crippen molar-refractivity contribution in [2.75, 3.05) is 29.6 Å². The first-order chi connectivity index (χ1) is 11.9. The first-order valence-electron chi connectivity index (χ1n) is 7.76. The lowest BCUT2D eigenvalue weighted by Crippen LogP contribution is -2.26. The molecule has 0 aliphatic carbocycles. The summed E-state index contributed by atoms with van der Waals surface area (Å²) in [5, 5.41) is 14.6. The highest BCUT2D eigenvalue weighted by Crippen LogP contribution is 2.33. The minimum atomic E-state index is -3.69. The Kier molecular flexibility index (Phi) is 4.58. The molecule has 1 aromatic carbocycles. The van der Waals surface area contributed by atoms with E-state index in [0.29, 0.717) is 6.54 Å². The van der Waals surface area contributed by atoms with Crippen molar-refractivity contribution in [1.29, 1.82) is 0 Å². The first kappa shape index (κ1) is 17.2. The van der Waals surface area contributed by atoms with Gasteiger partial charge in [0, 0.05) is 31.6 Å². The van der Waals surface area contributed by atoms with Crippen LogP contribution in [0.3, 0.4) is 0 Å². The second-order valence-electron chi connectivity index (χ2n) is 5.95. The third kappa shape index (κ3) is 3.71. The van der Waals surface area contributed by atoms with Gasteiger partial charge in [0.15, 0.2) is 9.84 Å². The molecule has 1 saturated heterocycles. The van der Waals surface area contributed by atoms with E-state index in [1.807, 2.05) is 18.2 Å². The molecule has 1 unspecified atom stereocenters. The number of hydrogen-bond donors (Lipinski definition) is 1. The topological polar surface area (TPSA) is 105 Å². The minimum Gasteiger partial charge on any atom is -0.375 e. The van der Waals surface area contributed by atoms with Crippen molar-refractivity contribution in [3.05, 3.63) is 52.7 Å². The van der Waals surface area contributed by atoms with Gasteiger partial charge in [-0.25, -0.2) is 13.4 Å². The number of nitrogens with zero attached hydrogens (tertiary/aromatic N) is 3. The van der Waals surface area contributed by atoms with E-state index in [4.69, 9.17) is 0 Å². The summed E-state index contributed by atoms with van der Waals surface area (Å²) in [6.07, 6.45) is 3.46. The molecule has 1 aliphatic heterocycles. The van der Waals surface area contributed by atoms with Crippen molar-refractivity contribution in [2.24, 2.45) is 0 Å². The van der Waals surface area contributed by atoms with Gasteiger partial charge in [0.25, 0.3) is 0 Å². The Bertz CT molecular complexity index is 886. The van der Waals surface area contributed by atoms with Gasteiger partial charge in [0.2, 0.25) is 0 Å². The van der Waals surface area contributed by atoms with E-state index in [0.717, 1.165) is 25.0 Å². The molecular formula is C16H18N4O4S. The van der Waals surface area contributed by atoms with Crippen molar-refractivity contribution < 1.29 is 13.3 Å². The average Bonchev–Trinajstić information content (AvgIpc) is 3.03. The summed E-state index contributed by atoms with van der Waals surface area (Å²) in [5.41, 5.74) is -0.179. The lowest BCUT2D eigenvalue weighted by Gasteiger charge is -2.18. The van der Waals surface area contributed by atoms with Crippen molar-refractivity contribution in [1.82, 2.24) is 4.98 Å². The lowest BCUT2D eigenvalue weighted by molar-refractivity contribution is -0.386. The molecule has 1 atom stereocenters. The number of hydrogen-bond acceptors (Lipinski definition) is 7. The van der Waals surface area contributed by atoms with Crippen LogP contribution in [0, 0.1) is 10.1 Å². The van der Waals surface area contributed by atoms with Gasteiger partial charge in [-0.05, 0) is 30.7 Å². The number of sulfone groups is 1. The van der Waals surface area contributed by atoms with Gasteiger partial charge < -0.3 is 10.2 Å². The fourth-order valence-corrected chi connectivity index (χ4v) is 3.83. The number of anilines is 2. The summed E-state index contributed by atoms with van der Waals surface area (Å²) in [4.78, 5) is 16.9. The van der Waals surface area contributed by atoms with Crippen molar-refractivity contribution in [3.8, 4) is 0 Å². The van der Waals surface area contributed by atoms with Crippen LogP contribution in [0.15, 0.2) is 47.5 Å². The molecule has 9 heteroatoms. The first-order valence-corrected chi connectivity index (χ1v) is 9.65. The lowest BCUT2D eigenvalue weighted by atomic mass is 10.2. The zero-order valence-electron chi connectivity index (χ0n) is 13.6. The molecule has 25 heavy (non-hydrogen) atoms. The second kappa shape index (κ2) is 6.67. The third-order valence-electron chi connectivity index (χ3n) is 4.10. The Morgan fingerprint density at radius 3 is 2.72 bits per heavy atom. The van der Waals surface area contributed by atoms with E-state index in [9.17, 15) is 18.5 Å². The van der Waals surface area contributed by atoms with Gasteiger partial charge in [-0.1, -0.05) is 12.1 Å². The maximum atomic E-state index is 11.8. The van der Waals surface area contributed by atoms with E-state index in [1.165, 1.54) is 18.2 Å². The monoisotopic (exact) mass is 362 g/mol. The summed E-state index contributed by atoms with van der Waals surface area (Å²) in [6, 6.07) is 9.94. The SMILES string of the molecule is CS(=O)(=O)c1cccc(NC2CCN(c3ccccn3)C2)c1[N+](=O)[O-]. The third-order valence-corrected chi connectivity index (χ3v) is 5.23. The number of para-hydroxylation sites is 1. The molecule has 0 radical (unpaired) electrons. The van der Waals surface area contributed by atoms with Gasteiger partial charge in [0.05, 0.1) is 4.92 Å². The molecule has 1 N–H and O–H groups in total. The second-order valence-corrected chi connectivity index (χ2v) is 7.93. The van der Waals surface area contributed by atoms with E-state index >= 15 is 0 Å². The standard InChI is InChI=1S/C16H18N4O4S/c1-25(23,24)14-6-4-5-13(16(14)20(21)22)18-12-8-10-19(11-12)15-7-2-3-9-17-15/h2-7,9,12,18H,8,10-11H2,1H3. The smallest absolute Gasteiger partial charge is 0.310 e. The van der Waals surface area contributed by atoms with Crippen LogP contribution in [0.2, 0.25) is 0 Å². The minimum absolute atomic E-state index is 0.0319. The average molecular weight is 362 g/mol. The Morgan fingerprint density at radius 1 is 1.28 bits per heavy atom.